The van der Waals surface area contributed by atoms with Crippen LogP contribution in [0.25, 0.3) is 10.9 Å². The van der Waals surface area contributed by atoms with Crippen molar-refractivity contribution in [1.29, 1.82) is 0 Å². The first-order valence-corrected chi connectivity index (χ1v) is 9.00. The highest BCUT2D eigenvalue weighted by Crippen LogP contribution is 2.17. The summed E-state index contributed by atoms with van der Waals surface area (Å²) in [5, 5.41) is 0.531. The van der Waals surface area contributed by atoms with E-state index in [1.807, 2.05) is 25.1 Å². The van der Waals surface area contributed by atoms with Gasteiger partial charge in [-0.3, -0.25) is 9.59 Å². The van der Waals surface area contributed by atoms with Crippen molar-refractivity contribution in [3.63, 3.8) is 0 Å². The fourth-order valence-electron chi connectivity index (χ4n) is 2.56. The molecule has 2 aromatic carbocycles. The second-order valence-electron chi connectivity index (χ2n) is 5.68. The molecule has 6 nitrogen and oxygen atoms in total. The van der Waals surface area contributed by atoms with E-state index in [2.05, 4.69) is 25.9 Å². The smallest absolute Gasteiger partial charge is 0.260 e. The Morgan fingerprint density at radius 3 is 2.81 bits per heavy atom. The van der Waals surface area contributed by atoms with Crippen molar-refractivity contribution in [3.8, 4) is 5.75 Å². The quantitative estimate of drug-likeness (QED) is 0.670. The molecular weight excluding hydrogens is 398 g/mol. The maximum absolute atomic E-state index is 12.5. The van der Waals surface area contributed by atoms with E-state index < -0.39 is 0 Å². The molecule has 1 amide bonds. The van der Waals surface area contributed by atoms with Gasteiger partial charge in [0.05, 0.1) is 17.4 Å². The molecule has 0 aliphatic heterocycles. The molecule has 1 N–H and O–H groups in total. The molecule has 3 aromatic rings. The number of hydrogen-bond donors (Lipinski definition) is 1. The van der Waals surface area contributed by atoms with E-state index in [1.165, 1.54) is 0 Å². The third-order valence-corrected chi connectivity index (χ3v) is 4.39. The molecule has 0 bridgehead atoms. The molecule has 0 unspecified atom stereocenters. The number of aromatic amines is 1. The number of aromatic nitrogens is 2. The average molecular weight is 416 g/mol. The fourth-order valence-corrected chi connectivity index (χ4v) is 2.94. The molecule has 0 aliphatic carbocycles. The van der Waals surface area contributed by atoms with Gasteiger partial charge < -0.3 is 14.6 Å². The van der Waals surface area contributed by atoms with Gasteiger partial charge in [-0.15, -0.1) is 0 Å². The maximum atomic E-state index is 12.5. The molecule has 0 spiro atoms. The standard InChI is InChI=1S/C19H18BrN3O3/c1-2-23(18(24)12-26-14-7-5-6-13(20)10-14)11-17-21-16-9-4-3-8-15(16)19(25)22-17/h3-10H,2,11-12H2,1H3,(H,21,22,25). The summed E-state index contributed by atoms with van der Waals surface area (Å²) in [5.41, 5.74) is 0.402. The van der Waals surface area contributed by atoms with Gasteiger partial charge in [-0.25, -0.2) is 4.98 Å². The lowest BCUT2D eigenvalue weighted by molar-refractivity contribution is -0.133. The van der Waals surface area contributed by atoms with Crippen molar-refractivity contribution in [1.82, 2.24) is 14.9 Å². The number of ether oxygens (including phenoxy) is 1. The molecule has 134 valence electrons. The number of carbonyl (C=O) groups is 1. The van der Waals surface area contributed by atoms with E-state index in [9.17, 15) is 9.59 Å². The van der Waals surface area contributed by atoms with Gasteiger partial charge >= 0.3 is 0 Å². The molecule has 1 heterocycles. The van der Waals surface area contributed by atoms with E-state index in [1.54, 1.807) is 35.2 Å². The molecule has 1 aromatic heterocycles. The topological polar surface area (TPSA) is 75.3 Å². The van der Waals surface area contributed by atoms with Crippen LogP contribution >= 0.6 is 15.9 Å². The van der Waals surface area contributed by atoms with Crippen LogP contribution in [0.5, 0.6) is 5.75 Å². The molecule has 7 heteroatoms. The Morgan fingerprint density at radius 2 is 2.04 bits per heavy atom. The number of hydrogen-bond acceptors (Lipinski definition) is 4. The third-order valence-electron chi connectivity index (χ3n) is 3.90. The molecule has 0 saturated carbocycles. The number of benzene rings is 2. The lowest BCUT2D eigenvalue weighted by Crippen LogP contribution is -2.35. The minimum Gasteiger partial charge on any atom is -0.484 e. The second kappa shape index (κ2) is 8.14. The number of H-pyrrole nitrogens is 1. The number of rotatable bonds is 6. The van der Waals surface area contributed by atoms with E-state index in [0.717, 1.165) is 4.47 Å². The Morgan fingerprint density at radius 1 is 1.23 bits per heavy atom. The van der Waals surface area contributed by atoms with Gasteiger partial charge in [-0.05, 0) is 37.3 Å². The van der Waals surface area contributed by atoms with Crippen molar-refractivity contribution in [2.75, 3.05) is 13.2 Å². The summed E-state index contributed by atoms with van der Waals surface area (Å²) >= 11 is 3.37. The minimum absolute atomic E-state index is 0.0812. The number of carbonyl (C=O) groups excluding carboxylic acids is 1. The first-order chi connectivity index (χ1) is 12.6. The van der Waals surface area contributed by atoms with Crippen LogP contribution < -0.4 is 10.3 Å². The van der Waals surface area contributed by atoms with Gasteiger partial charge in [0.1, 0.15) is 11.6 Å². The number of nitrogens with one attached hydrogen (secondary N) is 1. The third kappa shape index (κ3) is 4.29. The van der Waals surface area contributed by atoms with E-state index in [0.29, 0.717) is 29.0 Å². The van der Waals surface area contributed by atoms with Crippen molar-refractivity contribution < 1.29 is 9.53 Å². The first kappa shape index (κ1) is 18.1. The van der Waals surface area contributed by atoms with Gasteiger partial charge in [0.15, 0.2) is 6.61 Å². The van der Waals surface area contributed by atoms with Crippen LogP contribution in [0, 0.1) is 0 Å². The van der Waals surface area contributed by atoms with E-state index >= 15 is 0 Å². The zero-order valence-electron chi connectivity index (χ0n) is 14.2. The molecule has 0 atom stereocenters. The normalized spacial score (nSPS) is 10.7. The molecule has 26 heavy (non-hydrogen) atoms. The molecule has 0 saturated heterocycles. The minimum atomic E-state index is -0.209. The van der Waals surface area contributed by atoms with E-state index in [-0.39, 0.29) is 24.6 Å². The van der Waals surface area contributed by atoms with Crippen LogP contribution in [0.1, 0.15) is 12.7 Å². The molecule has 3 rings (SSSR count). The zero-order valence-corrected chi connectivity index (χ0v) is 15.8. The Hall–Kier alpha value is -2.67. The Balaban J connectivity index is 1.70. The SMILES string of the molecule is CCN(Cc1nc2ccccc2c(=O)[nH]1)C(=O)COc1cccc(Br)c1. The number of halogens is 1. The predicted molar refractivity (Wildman–Crippen MR) is 103 cm³/mol. The van der Waals surface area contributed by atoms with Gasteiger partial charge in [0.2, 0.25) is 0 Å². The Labute approximate surface area is 158 Å². The van der Waals surface area contributed by atoms with Crippen molar-refractivity contribution in [2.45, 2.75) is 13.5 Å². The number of nitrogens with zero attached hydrogens (tertiary/aromatic N) is 2. The second-order valence-corrected chi connectivity index (χ2v) is 6.60. The summed E-state index contributed by atoms with van der Waals surface area (Å²) < 4.78 is 6.43. The highest BCUT2D eigenvalue weighted by molar-refractivity contribution is 9.10. The van der Waals surface area contributed by atoms with Gasteiger partial charge in [0.25, 0.3) is 11.5 Å². The van der Waals surface area contributed by atoms with Crippen molar-refractivity contribution >= 4 is 32.7 Å². The lowest BCUT2D eigenvalue weighted by Gasteiger charge is -2.20. The lowest BCUT2D eigenvalue weighted by atomic mass is 10.2. The Bertz CT molecular complexity index is 987. The van der Waals surface area contributed by atoms with Crippen molar-refractivity contribution in [2.24, 2.45) is 0 Å². The predicted octanol–water partition coefficient (Wildman–Crippen LogP) is 3.11. The van der Waals surface area contributed by atoms with E-state index in [4.69, 9.17) is 4.74 Å². The van der Waals surface area contributed by atoms with Gasteiger partial charge in [-0.1, -0.05) is 34.1 Å². The summed E-state index contributed by atoms with van der Waals surface area (Å²) in [6, 6.07) is 14.4. The molecular formula is C19H18BrN3O3. The molecule has 0 radical (unpaired) electrons. The average Bonchev–Trinajstić information content (AvgIpc) is 2.64. The summed E-state index contributed by atoms with van der Waals surface area (Å²) in [6.07, 6.45) is 0. The van der Waals surface area contributed by atoms with Crippen LogP contribution in [0.15, 0.2) is 57.8 Å². The monoisotopic (exact) mass is 415 g/mol. The number of fused-ring (bicyclic) bond motifs is 1. The number of para-hydroxylation sites is 1. The van der Waals surface area contributed by atoms with Gasteiger partial charge in [-0.2, -0.15) is 0 Å². The molecule has 0 fully saturated rings. The summed E-state index contributed by atoms with van der Waals surface area (Å²) in [7, 11) is 0. The van der Waals surface area contributed by atoms with Gasteiger partial charge in [0, 0.05) is 11.0 Å². The summed E-state index contributed by atoms with van der Waals surface area (Å²) in [5.74, 6) is 0.885. The zero-order chi connectivity index (χ0) is 18.5. The largest absolute Gasteiger partial charge is 0.484 e. The van der Waals surface area contributed by atoms with Crippen LogP contribution in [-0.4, -0.2) is 33.9 Å². The van der Waals surface area contributed by atoms with Crippen molar-refractivity contribution in [3.05, 3.63) is 69.2 Å². The summed E-state index contributed by atoms with van der Waals surface area (Å²) in [6.45, 7) is 2.49. The van der Waals surface area contributed by atoms with Crippen LogP contribution in [0.3, 0.4) is 0 Å². The number of amides is 1. The molecule has 0 aliphatic rings. The highest BCUT2D eigenvalue weighted by atomic mass is 79.9. The highest BCUT2D eigenvalue weighted by Gasteiger charge is 2.15. The first-order valence-electron chi connectivity index (χ1n) is 8.21. The van der Waals surface area contributed by atoms with Crippen LogP contribution in [0.2, 0.25) is 0 Å². The number of likely N-dealkylation sites (N-methyl/N-ethyl adjacent to an activating group) is 1. The summed E-state index contributed by atoms with van der Waals surface area (Å²) in [4.78, 5) is 33.4. The maximum Gasteiger partial charge on any atom is 0.260 e. The Kier molecular flexibility index (Phi) is 5.68. The van der Waals surface area contributed by atoms with Crippen LogP contribution in [-0.2, 0) is 11.3 Å². The van der Waals surface area contributed by atoms with Crippen LogP contribution in [0.4, 0.5) is 0 Å². The fraction of sp³-hybridized carbons (Fsp3) is 0.211.